The first kappa shape index (κ1) is 22.8. The van der Waals surface area contributed by atoms with Crippen LogP contribution in [-0.2, 0) is 42.9 Å². The zero-order chi connectivity index (χ0) is 20.7. The van der Waals surface area contributed by atoms with E-state index in [2.05, 4.69) is 5.32 Å². The van der Waals surface area contributed by atoms with Crippen molar-refractivity contribution in [1.29, 1.82) is 0 Å². The van der Waals surface area contributed by atoms with Gasteiger partial charge >= 0.3 is 17.9 Å². The summed E-state index contributed by atoms with van der Waals surface area (Å²) in [6.07, 6.45) is -4.49. The molecule has 0 aromatic carbocycles. The normalized spacial score (nSPS) is 27.6. The third-order valence-electron chi connectivity index (χ3n) is 3.48. The molecule has 27 heavy (non-hydrogen) atoms. The minimum atomic E-state index is -1.12. The van der Waals surface area contributed by atoms with Crippen LogP contribution in [0.15, 0.2) is 0 Å². The van der Waals surface area contributed by atoms with Crippen molar-refractivity contribution in [3.63, 3.8) is 0 Å². The zero-order valence-electron chi connectivity index (χ0n) is 16.3. The summed E-state index contributed by atoms with van der Waals surface area (Å²) in [5, 5.41) is 2.62. The first-order valence-electron chi connectivity index (χ1n) is 8.57. The summed E-state index contributed by atoms with van der Waals surface area (Å²) in [6, 6.07) is -0.938. The van der Waals surface area contributed by atoms with Crippen LogP contribution in [0.3, 0.4) is 0 Å². The highest BCUT2D eigenvalue weighted by Crippen LogP contribution is 2.28. The Morgan fingerprint density at radius 3 is 1.93 bits per heavy atom. The lowest BCUT2D eigenvalue weighted by molar-refractivity contribution is -0.285. The van der Waals surface area contributed by atoms with Gasteiger partial charge < -0.3 is 29.0 Å². The van der Waals surface area contributed by atoms with E-state index in [1.807, 2.05) is 0 Å². The van der Waals surface area contributed by atoms with Crippen molar-refractivity contribution in [2.24, 2.45) is 0 Å². The van der Waals surface area contributed by atoms with Crippen molar-refractivity contribution < 1.29 is 42.9 Å². The number of rotatable bonds is 7. The maximum absolute atomic E-state index is 11.7. The number of carbonyl (C=O) groups is 4. The summed E-state index contributed by atoms with van der Waals surface area (Å²) < 4.78 is 27.1. The Hall–Kier alpha value is -2.20. The molecule has 0 radical (unpaired) electrons. The third-order valence-corrected chi connectivity index (χ3v) is 3.48. The molecular weight excluding hydrogens is 362 g/mol. The van der Waals surface area contributed by atoms with Gasteiger partial charge in [-0.05, 0) is 13.8 Å². The highest BCUT2D eigenvalue weighted by molar-refractivity contribution is 5.73. The number of hydrogen-bond donors (Lipinski definition) is 1. The molecule has 0 aliphatic carbocycles. The summed E-state index contributed by atoms with van der Waals surface area (Å²) in [5.74, 6) is -2.28. The van der Waals surface area contributed by atoms with E-state index >= 15 is 0 Å². The second-order valence-electron chi connectivity index (χ2n) is 6.40. The number of carbonyl (C=O) groups excluding carboxylic acids is 4. The molecule has 0 bridgehead atoms. The summed E-state index contributed by atoms with van der Waals surface area (Å²) in [7, 11) is 0. The minimum absolute atomic E-state index is 0.254. The molecule has 10 heteroatoms. The molecule has 5 atom stereocenters. The van der Waals surface area contributed by atoms with Crippen molar-refractivity contribution in [3.8, 4) is 0 Å². The topological polar surface area (TPSA) is 126 Å². The standard InChI is InChI=1S/C17H27NO9/c1-8(2)24-17-14(18-9(3)19)16(26-12(6)22)15(25-11(5)21)13(27-17)7-23-10(4)20/h8,13-17H,7H2,1-6H3,(H,18,19)/t13-,14-,15+,16-,17-/m1/s1. The van der Waals surface area contributed by atoms with E-state index in [9.17, 15) is 19.2 Å². The smallest absolute Gasteiger partial charge is 0.303 e. The number of amides is 1. The predicted octanol–water partition coefficient (Wildman–Crippen LogP) is 0.0675. The van der Waals surface area contributed by atoms with Gasteiger partial charge in [0.15, 0.2) is 18.5 Å². The fourth-order valence-corrected chi connectivity index (χ4v) is 2.68. The van der Waals surface area contributed by atoms with E-state index < -0.39 is 54.5 Å². The quantitative estimate of drug-likeness (QED) is 0.475. The Balaban J connectivity index is 3.27. The molecule has 0 saturated carbocycles. The fraction of sp³-hybridized carbons (Fsp3) is 0.765. The van der Waals surface area contributed by atoms with Gasteiger partial charge in [-0.25, -0.2) is 0 Å². The molecule has 0 unspecified atom stereocenters. The van der Waals surface area contributed by atoms with E-state index in [0.717, 1.165) is 0 Å². The molecule has 0 aromatic rings. The lowest BCUT2D eigenvalue weighted by atomic mass is 9.96. The molecule has 1 fully saturated rings. The average molecular weight is 389 g/mol. The Bertz CT molecular complexity index is 563. The van der Waals surface area contributed by atoms with Crippen molar-refractivity contribution in [1.82, 2.24) is 5.32 Å². The van der Waals surface area contributed by atoms with Gasteiger partial charge in [0.2, 0.25) is 5.91 Å². The maximum Gasteiger partial charge on any atom is 0.303 e. The van der Waals surface area contributed by atoms with Crippen LogP contribution in [0.25, 0.3) is 0 Å². The number of nitrogens with one attached hydrogen (secondary N) is 1. The minimum Gasteiger partial charge on any atom is -0.463 e. The van der Waals surface area contributed by atoms with Gasteiger partial charge in [0.25, 0.3) is 0 Å². The lowest BCUT2D eigenvalue weighted by Crippen LogP contribution is -2.66. The van der Waals surface area contributed by atoms with Gasteiger partial charge in [0.1, 0.15) is 18.8 Å². The monoisotopic (exact) mass is 389 g/mol. The summed E-state index contributed by atoms with van der Waals surface area (Å²) in [6.45, 7) is 8.12. The molecule has 1 heterocycles. The van der Waals surface area contributed by atoms with Crippen LogP contribution >= 0.6 is 0 Å². The van der Waals surface area contributed by atoms with E-state index in [1.165, 1.54) is 27.7 Å². The molecule has 10 nitrogen and oxygen atoms in total. The van der Waals surface area contributed by atoms with Crippen LogP contribution in [0.1, 0.15) is 41.5 Å². The van der Waals surface area contributed by atoms with Crippen LogP contribution in [0.4, 0.5) is 0 Å². The Morgan fingerprint density at radius 2 is 1.48 bits per heavy atom. The van der Waals surface area contributed by atoms with E-state index in [1.54, 1.807) is 13.8 Å². The SMILES string of the molecule is CC(=O)N[C@H]1[C@H](OC(C)C)O[C@H](COC(C)=O)[C@H](OC(C)=O)[C@@H]1OC(C)=O. The van der Waals surface area contributed by atoms with E-state index in [-0.39, 0.29) is 12.7 Å². The van der Waals surface area contributed by atoms with E-state index in [0.29, 0.717) is 0 Å². The maximum atomic E-state index is 11.7. The van der Waals surface area contributed by atoms with Crippen molar-refractivity contribution in [3.05, 3.63) is 0 Å². The molecule has 0 aromatic heterocycles. The number of ether oxygens (including phenoxy) is 5. The third kappa shape index (κ3) is 7.51. The lowest BCUT2D eigenvalue weighted by Gasteiger charge is -2.45. The van der Waals surface area contributed by atoms with E-state index in [4.69, 9.17) is 23.7 Å². The van der Waals surface area contributed by atoms with Gasteiger partial charge in [-0.2, -0.15) is 0 Å². The van der Waals surface area contributed by atoms with Crippen LogP contribution in [0.5, 0.6) is 0 Å². The Kier molecular flexibility index (Phi) is 8.64. The van der Waals surface area contributed by atoms with Gasteiger partial charge in [-0.1, -0.05) is 0 Å². The first-order valence-corrected chi connectivity index (χ1v) is 8.57. The fourth-order valence-electron chi connectivity index (χ4n) is 2.68. The van der Waals surface area contributed by atoms with Crippen molar-refractivity contribution in [2.45, 2.75) is 78.3 Å². The van der Waals surface area contributed by atoms with Gasteiger partial charge in [-0.3, -0.25) is 19.2 Å². The average Bonchev–Trinajstić information content (AvgIpc) is 2.49. The highest BCUT2D eigenvalue weighted by atomic mass is 16.7. The zero-order valence-corrected chi connectivity index (χ0v) is 16.3. The summed E-state index contributed by atoms with van der Waals surface area (Å²) in [4.78, 5) is 46.0. The summed E-state index contributed by atoms with van der Waals surface area (Å²) >= 11 is 0. The van der Waals surface area contributed by atoms with Crippen LogP contribution in [0.2, 0.25) is 0 Å². The highest BCUT2D eigenvalue weighted by Gasteiger charge is 2.51. The van der Waals surface area contributed by atoms with Gasteiger partial charge in [0.05, 0.1) is 6.10 Å². The summed E-state index contributed by atoms with van der Waals surface area (Å²) in [5.41, 5.74) is 0. The van der Waals surface area contributed by atoms with Crippen LogP contribution in [-0.4, -0.2) is 67.2 Å². The molecule has 1 aliphatic rings. The molecule has 1 rings (SSSR count). The molecule has 1 aliphatic heterocycles. The largest absolute Gasteiger partial charge is 0.463 e. The molecule has 1 saturated heterocycles. The van der Waals surface area contributed by atoms with Crippen molar-refractivity contribution in [2.75, 3.05) is 6.61 Å². The number of esters is 3. The van der Waals surface area contributed by atoms with Crippen LogP contribution < -0.4 is 5.32 Å². The Labute approximate surface area is 157 Å². The van der Waals surface area contributed by atoms with Gasteiger partial charge in [-0.15, -0.1) is 0 Å². The molecule has 154 valence electrons. The molecular formula is C17H27NO9. The second-order valence-corrected chi connectivity index (χ2v) is 6.40. The molecule has 1 N–H and O–H groups in total. The molecule has 1 amide bonds. The first-order chi connectivity index (χ1) is 12.5. The second kappa shape index (κ2) is 10.2. The number of hydrogen-bond acceptors (Lipinski definition) is 9. The van der Waals surface area contributed by atoms with Crippen LogP contribution in [0, 0.1) is 0 Å². The molecule has 0 spiro atoms. The van der Waals surface area contributed by atoms with Gasteiger partial charge in [0, 0.05) is 27.7 Å². The predicted molar refractivity (Wildman–Crippen MR) is 90.2 cm³/mol. The van der Waals surface area contributed by atoms with Crippen molar-refractivity contribution >= 4 is 23.8 Å². The Morgan fingerprint density at radius 1 is 0.926 bits per heavy atom.